The number of hydrogen-bond donors (Lipinski definition) is 1. The number of nitrogens with zero attached hydrogens (tertiary/aromatic N) is 5. The van der Waals surface area contributed by atoms with Gasteiger partial charge in [0.1, 0.15) is 12.1 Å². The lowest BCUT2D eigenvalue weighted by molar-refractivity contribution is 0.326. The monoisotopic (exact) mass is 330 g/mol. The molecule has 1 saturated heterocycles. The molecule has 0 amide bonds. The van der Waals surface area contributed by atoms with Gasteiger partial charge >= 0.3 is 0 Å². The Bertz CT molecular complexity index is 739. The Hall–Kier alpha value is -2.64. The first-order valence-corrected chi connectivity index (χ1v) is 8.15. The van der Waals surface area contributed by atoms with Gasteiger partial charge in [-0.15, -0.1) is 0 Å². The third-order valence-corrected chi connectivity index (χ3v) is 4.08. The fraction of sp³-hybridized carbons (Fsp3) is 0.500. The van der Waals surface area contributed by atoms with E-state index in [4.69, 9.17) is 4.74 Å². The molecule has 128 valence electrons. The average Bonchev–Trinajstić information content (AvgIpc) is 2.59. The van der Waals surface area contributed by atoms with Crippen LogP contribution < -0.4 is 20.5 Å². The van der Waals surface area contributed by atoms with Gasteiger partial charge in [0.05, 0.1) is 6.61 Å². The van der Waals surface area contributed by atoms with Gasteiger partial charge < -0.3 is 19.5 Å². The highest BCUT2D eigenvalue weighted by molar-refractivity contribution is 5.40. The molecule has 8 nitrogen and oxygen atoms in total. The Labute approximate surface area is 140 Å². The second kappa shape index (κ2) is 7.29. The Morgan fingerprint density at radius 1 is 1.29 bits per heavy atom. The minimum Gasteiger partial charge on any atom is -0.478 e. The molecule has 2 aromatic heterocycles. The number of aromatic nitrogens is 4. The van der Waals surface area contributed by atoms with Gasteiger partial charge in [-0.25, -0.2) is 15.0 Å². The lowest BCUT2D eigenvalue weighted by Gasteiger charge is -2.32. The van der Waals surface area contributed by atoms with Crippen LogP contribution in [0.25, 0.3) is 0 Å². The van der Waals surface area contributed by atoms with Crippen LogP contribution in [0.1, 0.15) is 19.8 Å². The van der Waals surface area contributed by atoms with E-state index in [0.29, 0.717) is 24.3 Å². The molecule has 2 aromatic rings. The predicted octanol–water partition coefficient (Wildman–Crippen LogP) is 1.05. The van der Waals surface area contributed by atoms with E-state index < -0.39 is 0 Å². The maximum Gasteiger partial charge on any atom is 0.293 e. The molecule has 0 aliphatic carbocycles. The summed E-state index contributed by atoms with van der Waals surface area (Å²) in [6.45, 7) is 4.07. The summed E-state index contributed by atoms with van der Waals surface area (Å²) < 4.78 is 6.95. The SMILES string of the molecule is CCOc1cc(NC2CCN(c3nccn(C)c3=O)CC2)ncn1. The lowest BCUT2D eigenvalue weighted by Crippen LogP contribution is -2.42. The van der Waals surface area contributed by atoms with E-state index >= 15 is 0 Å². The van der Waals surface area contributed by atoms with Crippen LogP contribution in [0.3, 0.4) is 0 Å². The van der Waals surface area contributed by atoms with E-state index in [2.05, 4.69) is 20.3 Å². The third-order valence-electron chi connectivity index (χ3n) is 4.08. The summed E-state index contributed by atoms with van der Waals surface area (Å²) in [5.74, 6) is 1.86. The number of hydrogen-bond acceptors (Lipinski definition) is 7. The van der Waals surface area contributed by atoms with E-state index in [1.165, 1.54) is 6.33 Å². The van der Waals surface area contributed by atoms with E-state index in [0.717, 1.165) is 31.7 Å². The standard InChI is InChI=1S/C16H22N6O2/c1-3-24-14-10-13(18-11-19-14)20-12-4-7-22(8-5-12)15-16(23)21(2)9-6-17-15/h6,9-12H,3-5,7-8H2,1-2H3,(H,18,19,20). The minimum absolute atomic E-state index is 0.0546. The second-order valence-electron chi connectivity index (χ2n) is 5.75. The first kappa shape index (κ1) is 16.2. The summed E-state index contributed by atoms with van der Waals surface area (Å²) in [4.78, 5) is 26.7. The molecule has 3 heterocycles. The molecule has 0 unspecified atom stereocenters. The smallest absolute Gasteiger partial charge is 0.293 e. The summed E-state index contributed by atoms with van der Waals surface area (Å²) >= 11 is 0. The van der Waals surface area contributed by atoms with Gasteiger partial charge in [0.25, 0.3) is 5.56 Å². The van der Waals surface area contributed by atoms with Crippen molar-refractivity contribution in [2.75, 3.05) is 29.9 Å². The van der Waals surface area contributed by atoms with Crippen molar-refractivity contribution >= 4 is 11.6 Å². The second-order valence-corrected chi connectivity index (χ2v) is 5.75. The molecule has 0 atom stereocenters. The van der Waals surface area contributed by atoms with Gasteiger partial charge in [0, 0.05) is 44.6 Å². The molecule has 8 heteroatoms. The van der Waals surface area contributed by atoms with Crippen molar-refractivity contribution in [3.8, 4) is 5.88 Å². The zero-order chi connectivity index (χ0) is 16.9. The van der Waals surface area contributed by atoms with Crippen molar-refractivity contribution in [3.05, 3.63) is 35.1 Å². The number of ether oxygens (including phenoxy) is 1. The van der Waals surface area contributed by atoms with Crippen molar-refractivity contribution in [2.45, 2.75) is 25.8 Å². The quantitative estimate of drug-likeness (QED) is 0.877. The molecule has 0 saturated carbocycles. The van der Waals surface area contributed by atoms with Crippen LogP contribution in [-0.2, 0) is 7.05 Å². The Morgan fingerprint density at radius 3 is 2.83 bits per heavy atom. The van der Waals surface area contributed by atoms with Gasteiger partial charge in [-0.1, -0.05) is 0 Å². The fourth-order valence-electron chi connectivity index (χ4n) is 2.79. The molecule has 24 heavy (non-hydrogen) atoms. The highest BCUT2D eigenvalue weighted by Crippen LogP contribution is 2.19. The van der Waals surface area contributed by atoms with Crippen molar-refractivity contribution in [3.63, 3.8) is 0 Å². The average molecular weight is 330 g/mol. The number of piperidine rings is 1. The van der Waals surface area contributed by atoms with E-state index in [-0.39, 0.29) is 5.56 Å². The largest absolute Gasteiger partial charge is 0.478 e. The molecule has 3 rings (SSSR count). The lowest BCUT2D eigenvalue weighted by atomic mass is 10.1. The van der Waals surface area contributed by atoms with Crippen LogP contribution in [-0.4, -0.2) is 45.3 Å². The van der Waals surface area contributed by atoms with Crippen LogP contribution >= 0.6 is 0 Å². The third kappa shape index (κ3) is 3.64. The normalized spacial score (nSPS) is 15.3. The van der Waals surface area contributed by atoms with Gasteiger partial charge in [0.2, 0.25) is 5.88 Å². The van der Waals surface area contributed by atoms with Gasteiger partial charge in [-0.05, 0) is 19.8 Å². The number of anilines is 2. The molecule has 0 aromatic carbocycles. The topological polar surface area (TPSA) is 85.2 Å². The predicted molar refractivity (Wildman–Crippen MR) is 91.5 cm³/mol. The Morgan fingerprint density at radius 2 is 2.08 bits per heavy atom. The van der Waals surface area contributed by atoms with Crippen LogP contribution in [0.4, 0.5) is 11.6 Å². The Balaban J connectivity index is 1.60. The molecular formula is C16H22N6O2. The van der Waals surface area contributed by atoms with Gasteiger partial charge in [0.15, 0.2) is 5.82 Å². The molecule has 0 bridgehead atoms. The first-order chi connectivity index (χ1) is 11.7. The number of rotatable bonds is 5. The summed E-state index contributed by atoms with van der Waals surface area (Å²) in [5.41, 5.74) is -0.0546. The van der Waals surface area contributed by atoms with Gasteiger partial charge in [-0.2, -0.15) is 0 Å². The van der Waals surface area contributed by atoms with E-state index in [1.54, 1.807) is 24.0 Å². The summed E-state index contributed by atoms with van der Waals surface area (Å²) in [7, 11) is 1.74. The molecule has 1 aliphatic heterocycles. The maximum absolute atomic E-state index is 12.2. The molecule has 1 fully saturated rings. The van der Waals surface area contributed by atoms with Gasteiger partial charge in [-0.3, -0.25) is 4.79 Å². The zero-order valence-electron chi connectivity index (χ0n) is 14.0. The highest BCUT2D eigenvalue weighted by atomic mass is 16.5. The Kier molecular flexibility index (Phi) is 4.93. The molecule has 0 radical (unpaired) electrons. The van der Waals surface area contributed by atoms with Crippen LogP contribution in [0.5, 0.6) is 5.88 Å². The number of nitrogens with one attached hydrogen (secondary N) is 1. The molecule has 1 N–H and O–H groups in total. The van der Waals surface area contributed by atoms with Crippen LogP contribution in [0, 0.1) is 0 Å². The summed E-state index contributed by atoms with van der Waals surface area (Å²) in [5, 5.41) is 3.42. The summed E-state index contributed by atoms with van der Waals surface area (Å²) in [6, 6.07) is 2.11. The maximum atomic E-state index is 12.2. The minimum atomic E-state index is -0.0546. The van der Waals surface area contributed by atoms with Crippen molar-refractivity contribution < 1.29 is 4.74 Å². The van der Waals surface area contributed by atoms with E-state index in [1.807, 2.05) is 17.9 Å². The highest BCUT2D eigenvalue weighted by Gasteiger charge is 2.22. The number of aryl methyl sites for hydroxylation is 1. The fourth-order valence-corrected chi connectivity index (χ4v) is 2.79. The molecular weight excluding hydrogens is 308 g/mol. The first-order valence-electron chi connectivity index (χ1n) is 8.15. The zero-order valence-corrected chi connectivity index (χ0v) is 14.0. The molecule has 1 aliphatic rings. The van der Waals surface area contributed by atoms with Crippen molar-refractivity contribution in [2.24, 2.45) is 7.05 Å². The van der Waals surface area contributed by atoms with Crippen LogP contribution in [0.2, 0.25) is 0 Å². The molecule has 0 spiro atoms. The van der Waals surface area contributed by atoms with Crippen molar-refractivity contribution in [1.82, 2.24) is 19.5 Å². The van der Waals surface area contributed by atoms with Crippen molar-refractivity contribution in [1.29, 1.82) is 0 Å². The van der Waals surface area contributed by atoms with E-state index in [9.17, 15) is 4.79 Å². The summed E-state index contributed by atoms with van der Waals surface area (Å²) in [6.07, 6.45) is 6.66. The van der Waals surface area contributed by atoms with Crippen LogP contribution in [0.15, 0.2) is 29.6 Å².